The number of methoxy groups -OCH3 is 1. The van der Waals surface area contributed by atoms with Crippen molar-refractivity contribution in [1.82, 2.24) is 5.01 Å². The summed E-state index contributed by atoms with van der Waals surface area (Å²) >= 11 is 0. The summed E-state index contributed by atoms with van der Waals surface area (Å²) in [6.45, 7) is -0.790. The van der Waals surface area contributed by atoms with E-state index in [9.17, 15) is 22.8 Å². The second kappa shape index (κ2) is 9.42. The van der Waals surface area contributed by atoms with E-state index >= 15 is 0 Å². The summed E-state index contributed by atoms with van der Waals surface area (Å²) < 4.78 is 55.1. The van der Waals surface area contributed by atoms with Crippen molar-refractivity contribution in [2.75, 3.05) is 13.7 Å². The van der Waals surface area contributed by atoms with E-state index in [1.165, 1.54) is 18.4 Å². The zero-order valence-electron chi connectivity index (χ0n) is 17.9. The Hall–Kier alpha value is -4.08. The minimum Gasteiger partial charge on any atom is -0.497 e. The van der Waals surface area contributed by atoms with Gasteiger partial charge in [0.2, 0.25) is 0 Å². The van der Waals surface area contributed by atoms with Gasteiger partial charge in [-0.15, -0.1) is 0 Å². The molecular weight excluding hydrogens is 453 g/mol. The molecule has 1 aliphatic heterocycles. The van der Waals surface area contributed by atoms with E-state index in [0.717, 1.165) is 22.7 Å². The second-order valence-electron chi connectivity index (χ2n) is 7.37. The quantitative estimate of drug-likeness (QED) is 0.480. The fourth-order valence-electron chi connectivity index (χ4n) is 3.58. The van der Waals surface area contributed by atoms with Crippen LogP contribution in [0.15, 0.2) is 76.4 Å². The highest BCUT2D eigenvalue weighted by Crippen LogP contribution is 2.34. The van der Waals surface area contributed by atoms with Gasteiger partial charge in [-0.1, -0.05) is 12.1 Å². The highest BCUT2D eigenvalue weighted by atomic mass is 19.4. The van der Waals surface area contributed by atoms with Gasteiger partial charge in [-0.2, -0.15) is 18.3 Å². The van der Waals surface area contributed by atoms with E-state index < -0.39 is 41.8 Å². The Morgan fingerprint density at radius 3 is 2.47 bits per heavy atom. The topological polar surface area (TPSA) is 81.3 Å². The maximum atomic E-state index is 13.2. The lowest BCUT2D eigenvalue weighted by Crippen LogP contribution is -2.31. The number of alkyl halides is 3. The van der Waals surface area contributed by atoms with Gasteiger partial charge in [0.1, 0.15) is 17.6 Å². The van der Waals surface area contributed by atoms with Crippen molar-refractivity contribution in [3.8, 4) is 5.75 Å². The highest BCUT2D eigenvalue weighted by Gasteiger charge is 2.37. The zero-order chi connectivity index (χ0) is 24.3. The Morgan fingerprint density at radius 2 is 1.82 bits per heavy atom. The molecule has 2 heterocycles. The maximum Gasteiger partial charge on any atom is 0.417 e. The van der Waals surface area contributed by atoms with E-state index in [4.69, 9.17) is 13.9 Å². The van der Waals surface area contributed by atoms with E-state index in [1.54, 1.807) is 43.5 Å². The third-order valence-electron chi connectivity index (χ3n) is 5.24. The second-order valence-corrected chi connectivity index (χ2v) is 7.37. The third kappa shape index (κ3) is 4.80. The summed E-state index contributed by atoms with van der Waals surface area (Å²) in [5.74, 6) is -0.838. The molecule has 0 radical (unpaired) electrons. The third-order valence-corrected chi connectivity index (χ3v) is 5.24. The highest BCUT2D eigenvalue weighted by molar-refractivity contribution is 6.03. The number of rotatable bonds is 6. The molecule has 0 saturated carbocycles. The average Bonchev–Trinajstić information content (AvgIpc) is 3.52. The predicted molar refractivity (Wildman–Crippen MR) is 114 cm³/mol. The summed E-state index contributed by atoms with van der Waals surface area (Å²) in [6, 6.07) is 14.1. The number of carbonyl (C=O) groups excluding carboxylic acids is 2. The summed E-state index contributed by atoms with van der Waals surface area (Å²) in [7, 11) is 1.55. The first-order chi connectivity index (χ1) is 16.3. The number of hydrazone groups is 1. The summed E-state index contributed by atoms with van der Waals surface area (Å²) in [5, 5.41) is 5.51. The van der Waals surface area contributed by atoms with Crippen molar-refractivity contribution in [3.63, 3.8) is 0 Å². The normalized spacial score (nSPS) is 15.7. The van der Waals surface area contributed by atoms with Gasteiger partial charge < -0.3 is 13.9 Å². The monoisotopic (exact) mass is 472 g/mol. The number of carbonyl (C=O) groups is 2. The van der Waals surface area contributed by atoms with Gasteiger partial charge in [-0.05, 0) is 54.1 Å². The van der Waals surface area contributed by atoms with Crippen LogP contribution >= 0.6 is 0 Å². The Kier molecular flexibility index (Phi) is 6.40. The lowest BCUT2D eigenvalue weighted by molar-refractivity contribution is -0.138. The molecule has 1 aromatic heterocycles. The van der Waals surface area contributed by atoms with Crippen LogP contribution in [0.4, 0.5) is 13.2 Å². The van der Waals surface area contributed by atoms with Crippen LogP contribution < -0.4 is 4.74 Å². The van der Waals surface area contributed by atoms with Crippen molar-refractivity contribution >= 4 is 17.6 Å². The number of esters is 1. The summed E-state index contributed by atoms with van der Waals surface area (Å²) in [6.07, 6.45) is -2.95. The lowest BCUT2D eigenvalue weighted by Gasteiger charge is -2.20. The molecule has 1 atom stereocenters. The first-order valence-corrected chi connectivity index (χ1v) is 10.2. The molecule has 176 valence electrons. The number of hydrogen-bond donors (Lipinski definition) is 0. The number of hydrogen-bond acceptors (Lipinski definition) is 6. The molecule has 3 aromatic rings. The van der Waals surface area contributed by atoms with Crippen molar-refractivity contribution in [3.05, 3.63) is 89.4 Å². The fraction of sp³-hybridized carbons (Fsp3) is 0.208. The van der Waals surface area contributed by atoms with Crippen molar-refractivity contribution < 1.29 is 36.7 Å². The lowest BCUT2D eigenvalue weighted by atomic mass is 10.0. The van der Waals surface area contributed by atoms with Gasteiger partial charge >= 0.3 is 12.1 Å². The van der Waals surface area contributed by atoms with Crippen LogP contribution in [0.5, 0.6) is 5.75 Å². The van der Waals surface area contributed by atoms with Crippen LogP contribution in [0.1, 0.15) is 39.7 Å². The zero-order valence-corrected chi connectivity index (χ0v) is 17.9. The minimum atomic E-state index is -4.74. The molecule has 0 N–H and O–H groups in total. The molecule has 7 nitrogen and oxygen atoms in total. The molecule has 1 amide bonds. The Morgan fingerprint density at radius 1 is 1.09 bits per heavy atom. The van der Waals surface area contributed by atoms with Gasteiger partial charge in [0.05, 0.1) is 30.2 Å². The van der Waals surface area contributed by atoms with Crippen LogP contribution in [-0.4, -0.2) is 36.3 Å². The van der Waals surface area contributed by atoms with Gasteiger partial charge in [-0.3, -0.25) is 4.79 Å². The molecular formula is C24H19F3N2O5. The molecule has 0 saturated heterocycles. The van der Waals surface area contributed by atoms with E-state index in [2.05, 4.69) is 5.10 Å². The van der Waals surface area contributed by atoms with Gasteiger partial charge in [0, 0.05) is 6.42 Å². The first-order valence-electron chi connectivity index (χ1n) is 10.2. The Balaban J connectivity index is 1.53. The molecule has 1 unspecified atom stereocenters. The smallest absolute Gasteiger partial charge is 0.417 e. The van der Waals surface area contributed by atoms with E-state index in [0.29, 0.717) is 23.6 Å². The molecule has 0 aliphatic carbocycles. The van der Waals surface area contributed by atoms with Crippen LogP contribution in [0.2, 0.25) is 0 Å². The summed E-state index contributed by atoms with van der Waals surface area (Å²) in [4.78, 5) is 25.2. The number of ether oxygens (including phenoxy) is 2. The van der Waals surface area contributed by atoms with Gasteiger partial charge in [0.25, 0.3) is 5.91 Å². The minimum absolute atomic E-state index is 0.330. The number of nitrogens with zero attached hydrogens (tertiary/aromatic N) is 2. The van der Waals surface area contributed by atoms with E-state index in [1.807, 2.05) is 0 Å². The van der Waals surface area contributed by atoms with Crippen molar-refractivity contribution in [2.45, 2.75) is 18.6 Å². The first kappa shape index (κ1) is 23.1. The van der Waals surface area contributed by atoms with Gasteiger partial charge in [-0.25, -0.2) is 9.80 Å². The van der Waals surface area contributed by atoms with E-state index in [-0.39, 0.29) is 0 Å². The van der Waals surface area contributed by atoms with Crippen molar-refractivity contribution in [2.24, 2.45) is 5.10 Å². The molecule has 0 spiro atoms. The molecule has 4 rings (SSSR count). The maximum absolute atomic E-state index is 13.2. The Bertz CT molecular complexity index is 1200. The van der Waals surface area contributed by atoms with Gasteiger partial charge in [0.15, 0.2) is 6.61 Å². The average molecular weight is 472 g/mol. The molecule has 10 heteroatoms. The van der Waals surface area contributed by atoms with Crippen LogP contribution in [0.25, 0.3) is 0 Å². The molecule has 34 heavy (non-hydrogen) atoms. The SMILES string of the molecule is COc1ccc(C2=NN(C(=O)COC(=O)c3ccccc3C(F)(F)F)C(c3ccco3)C2)cc1. The number of benzene rings is 2. The molecule has 2 aromatic carbocycles. The summed E-state index contributed by atoms with van der Waals surface area (Å²) in [5.41, 5.74) is -0.467. The van der Waals surface area contributed by atoms with Crippen LogP contribution in [0.3, 0.4) is 0 Å². The molecule has 0 fully saturated rings. The Labute approximate surface area is 192 Å². The number of furan rings is 1. The number of amides is 1. The largest absolute Gasteiger partial charge is 0.497 e. The predicted octanol–water partition coefficient (Wildman–Crippen LogP) is 4.84. The van der Waals surface area contributed by atoms with Crippen LogP contribution in [-0.2, 0) is 15.7 Å². The molecule has 0 bridgehead atoms. The number of halogens is 3. The molecule has 1 aliphatic rings. The van der Waals surface area contributed by atoms with Crippen molar-refractivity contribution in [1.29, 1.82) is 0 Å². The van der Waals surface area contributed by atoms with Crippen LogP contribution in [0, 0.1) is 0 Å². The fourth-order valence-corrected chi connectivity index (χ4v) is 3.58. The standard InChI is InChI=1S/C24H19F3N2O5/c1-32-16-10-8-15(9-11-16)19-13-20(21-7-4-12-33-21)29(28-19)22(30)14-34-23(31)17-5-2-3-6-18(17)24(25,26)27/h2-12,20H,13-14H2,1H3.